The number of anilines is 1. The Morgan fingerprint density at radius 3 is 2.53 bits per heavy atom. The molecule has 0 radical (unpaired) electrons. The molecular weight excluding hydrogens is 450 g/mol. The number of imidazole rings is 1. The smallest absolute Gasteiger partial charge is 0.251 e. The molecule has 1 aromatic heterocycles. The number of nitrogens with zero attached hydrogens (tertiary/aromatic N) is 2. The first-order valence-corrected chi connectivity index (χ1v) is 12.5. The quantitative estimate of drug-likeness (QED) is 0.306. The predicted octanol–water partition coefficient (Wildman–Crippen LogP) is 5.17. The SMILES string of the molecule is C=C/C(=C\C=C(/C)C(=O)Nc1ccc2[nH]c(-c3ccc(C(=O)NC4CC4)cc3)nc2c1)N1CCCC1. The van der Waals surface area contributed by atoms with E-state index in [1.165, 1.54) is 12.8 Å². The summed E-state index contributed by atoms with van der Waals surface area (Å²) in [6.07, 6.45) is 10.1. The molecule has 0 atom stereocenters. The molecule has 0 bridgehead atoms. The first-order valence-electron chi connectivity index (χ1n) is 12.5. The number of aromatic amines is 1. The van der Waals surface area contributed by atoms with Crippen molar-refractivity contribution in [1.29, 1.82) is 0 Å². The Labute approximate surface area is 211 Å². The fourth-order valence-electron chi connectivity index (χ4n) is 4.29. The lowest BCUT2D eigenvalue weighted by atomic mass is 10.1. The van der Waals surface area contributed by atoms with Crippen LogP contribution in [0.1, 0.15) is 43.0 Å². The van der Waals surface area contributed by atoms with Crippen molar-refractivity contribution in [2.75, 3.05) is 18.4 Å². The van der Waals surface area contributed by atoms with E-state index in [2.05, 4.69) is 27.1 Å². The van der Waals surface area contributed by atoms with Crippen molar-refractivity contribution in [3.8, 4) is 11.4 Å². The Kier molecular flexibility index (Phi) is 6.71. The molecule has 7 heteroatoms. The molecule has 3 N–H and O–H groups in total. The highest BCUT2D eigenvalue weighted by atomic mass is 16.2. The van der Waals surface area contributed by atoms with E-state index in [-0.39, 0.29) is 11.8 Å². The largest absolute Gasteiger partial charge is 0.372 e. The molecule has 36 heavy (non-hydrogen) atoms. The van der Waals surface area contributed by atoms with Gasteiger partial charge in [0.25, 0.3) is 11.8 Å². The van der Waals surface area contributed by atoms with Gasteiger partial charge in [-0.05, 0) is 75.1 Å². The Bertz CT molecular complexity index is 1360. The second-order valence-electron chi connectivity index (χ2n) is 9.44. The third-order valence-electron chi connectivity index (χ3n) is 6.62. The van der Waals surface area contributed by atoms with Gasteiger partial charge in [0, 0.05) is 47.2 Å². The molecule has 2 aromatic carbocycles. The number of rotatable bonds is 8. The highest BCUT2D eigenvalue weighted by molar-refractivity contribution is 6.04. The molecule has 5 rings (SSSR count). The van der Waals surface area contributed by atoms with Gasteiger partial charge >= 0.3 is 0 Å². The van der Waals surface area contributed by atoms with Gasteiger partial charge in [-0.25, -0.2) is 4.98 Å². The number of amides is 2. The fourth-order valence-corrected chi connectivity index (χ4v) is 4.29. The molecule has 2 amide bonds. The summed E-state index contributed by atoms with van der Waals surface area (Å²) < 4.78 is 0. The van der Waals surface area contributed by atoms with Crippen LogP contribution in [0, 0.1) is 0 Å². The summed E-state index contributed by atoms with van der Waals surface area (Å²) in [4.78, 5) is 35.3. The van der Waals surface area contributed by atoms with E-state index < -0.39 is 0 Å². The number of nitrogens with one attached hydrogen (secondary N) is 3. The van der Waals surface area contributed by atoms with Crippen LogP contribution in [0.25, 0.3) is 22.4 Å². The highest BCUT2D eigenvalue weighted by Crippen LogP contribution is 2.24. The van der Waals surface area contributed by atoms with Gasteiger partial charge in [-0.1, -0.05) is 24.8 Å². The summed E-state index contributed by atoms with van der Waals surface area (Å²) in [5.74, 6) is 0.514. The minimum atomic E-state index is -0.161. The van der Waals surface area contributed by atoms with Crippen LogP contribution in [0.4, 0.5) is 5.69 Å². The Balaban J connectivity index is 1.26. The zero-order valence-corrected chi connectivity index (χ0v) is 20.5. The van der Waals surface area contributed by atoms with Gasteiger partial charge in [0.15, 0.2) is 0 Å². The molecule has 184 valence electrons. The topological polar surface area (TPSA) is 90.1 Å². The Morgan fingerprint density at radius 2 is 1.83 bits per heavy atom. The summed E-state index contributed by atoms with van der Waals surface area (Å²) in [5, 5.41) is 5.96. The van der Waals surface area contributed by atoms with Crippen LogP contribution in [-0.2, 0) is 4.79 Å². The van der Waals surface area contributed by atoms with Gasteiger partial charge in [0.05, 0.1) is 11.0 Å². The van der Waals surface area contributed by atoms with E-state index >= 15 is 0 Å². The Hall–Kier alpha value is -4.13. The molecule has 1 saturated heterocycles. The summed E-state index contributed by atoms with van der Waals surface area (Å²) in [6, 6.07) is 13.4. The molecule has 2 aliphatic rings. The van der Waals surface area contributed by atoms with Gasteiger partial charge in [0.1, 0.15) is 5.82 Å². The first-order chi connectivity index (χ1) is 17.5. The lowest BCUT2D eigenvalue weighted by Crippen LogP contribution is -2.25. The molecule has 3 aromatic rings. The molecule has 1 saturated carbocycles. The molecule has 1 aliphatic heterocycles. The van der Waals surface area contributed by atoms with E-state index in [1.807, 2.05) is 60.7 Å². The van der Waals surface area contributed by atoms with Crippen molar-refractivity contribution < 1.29 is 9.59 Å². The number of H-pyrrole nitrogens is 1. The number of hydrogen-bond acceptors (Lipinski definition) is 4. The second kappa shape index (κ2) is 10.2. The van der Waals surface area contributed by atoms with Crippen LogP contribution in [0.3, 0.4) is 0 Å². The molecule has 1 aliphatic carbocycles. The van der Waals surface area contributed by atoms with Gasteiger partial charge in [-0.3, -0.25) is 9.59 Å². The molecule has 2 fully saturated rings. The minimum Gasteiger partial charge on any atom is -0.372 e. The van der Waals surface area contributed by atoms with Crippen LogP contribution in [0.5, 0.6) is 0 Å². The Morgan fingerprint density at radius 1 is 1.08 bits per heavy atom. The number of fused-ring (bicyclic) bond motifs is 1. The lowest BCUT2D eigenvalue weighted by molar-refractivity contribution is -0.112. The maximum absolute atomic E-state index is 12.7. The number of benzene rings is 2. The molecular formula is C29H31N5O2. The fraction of sp³-hybridized carbons (Fsp3) is 0.276. The van der Waals surface area contributed by atoms with Crippen molar-refractivity contribution in [2.45, 2.75) is 38.6 Å². The predicted molar refractivity (Wildman–Crippen MR) is 143 cm³/mol. The number of likely N-dealkylation sites (tertiary alicyclic amines) is 1. The van der Waals surface area contributed by atoms with Gasteiger partial charge < -0.3 is 20.5 Å². The van der Waals surface area contributed by atoms with E-state index in [1.54, 1.807) is 6.92 Å². The van der Waals surface area contributed by atoms with Crippen molar-refractivity contribution >= 4 is 28.5 Å². The third kappa shape index (κ3) is 5.40. The highest BCUT2D eigenvalue weighted by Gasteiger charge is 2.23. The number of allylic oxidation sites excluding steroid dienone is 3. The first kappa shape index (κ1) is 23.6. The van der Waals surface area contributed by atoms with Gasteiger partial charge in [-0.2, -0.15) is 0 Å². The van der Waals surface area contributed by atoms with Gasteiger partial charge in [-0.15, -0.1) is 0 Å². The van der Waals surface area contributed by atoms with Crippen molar-refractivity contribution in [3.05, 3.63) is 84.1 Å². The van der Waals surface area contributed by atoms with Crippen LogP contribution in [0.15, 0.2) is 78.5 Å². The number of aromatic nitrogens is 2. The van der Waals surface area contributed by atoms with Gasteiger partial charge in [0.2, 0.25) is 0 Å². The van der Waals surface area contributed by atoms with Crippen LogP contribution in [-0.4, -0.2) is 45.8 Å². The third-order valence-corrected chi connectivity index (χ3v) is 6.62. The zero-order valence-electron chi connectivity index (χ0n) is 20.5. The average molecular weight is 482 g/mol. The summed E-state index contributed by atoms with van der Waals surface area (Å²) in [6.45, 7) is 7.77. The monoisotopic (exact) mass is 481 g/mol. The normalized spacial score (nSPS) is 16.3. The van der Waals surface area contributed by atoms with Crippen molar-refractivity contribution in [1.82, 2.24) is 20.2 Å². The van der Waals surface area contributed by atoms with E-state index in [9.17, 15) is 9.59 Å². The zero-order chi connectivity index (χ0) is 25.1. The van der Waals surface area contributed by atoms with Crippen LogP contribution in [0.2, 0.25) is 0 Å². The summed E-state index contributed by atoms with van der Waals surface area (Å²) >= 11 is 0. The second-order valence-corrected chi connectivity index (χ2v) is 9.44. The molecule has 0 unspecified atom stereocenters. The van der Waals surface area contributed by atoms with Crippen molar-refractivity contribution in [3.63, 3.8) is 0 Å². The van der Waals surface area contributed by atoms with E-state index in [4.69, 9.17) is 4.98 Å². The minimum absolute atomic E-state index is 0.0364. The molecule has 0 spiro atoms. The maximum atomic E-state index is 12.7. The van der Waals surface area contributed by atoms with E-state index in [0.717, 1.165) is 48.2 Å². The molecule has 7 nitrogen and oxygen atoms in total. The van der Waals surface area contributed by atoms with Crippen molar-refractivity contribution in [2.24, 2.45) is 0 Å². The standard InChI is InChI=1S/C29H31N5O2/c1-3-24(34-16-4-5-17-34)14-6-19(2)28(35)31-23-13-15-25-26(18-23)33-27(32-25)20-7-9-21(10-8-20)29(36)30-22-11-12-22/h3,6-10,13-15,18,22H,1,4-5,11-12,16-17H2,2H3,(H,30,36)(H,31,35)(H,32,33)/b19-6+,24-14+. The number of carbonyl (C=O) groups excluding carboxylic acids is 2. The van der Waals surface area contributed by atoms with Crippen LogP contribution < -0.4 is 10.6 Å². The number of hydrogen-bond donors (Lipinski definition) is 3. The summed E-state index contributed by atoms with van der Waals surface area (Å²) in [5.41, 5.74) is 5.49. The lowest BCUT2D eigenvalue weighted by Gasteiger charge is -2.18. The molecule has 2 heterocycles. The average Bonchev–Trinajstić information content (AvgIpc) is 3.36. The van der Waals surface area contributed by atoms with Crippen LogP contribution >= 0.6 is 0 Å². The number of carbonyl (C=O) groups is 2. The summed E-state index contributed by atoms with van der Waals surface area (Å²) in [7, 11) is 0. The maximum Gasteiger partial charge on any atom is 0.251 e. The van der Waals surface area contributed by atoms with E-state index in [0.29, 0.717) is 28.7 Å².